The number of nitrogens with zero attached hydrogens (tertiary/aromatic N) is 2. The number of benzene rings is 1. The van der Waals surface area contributed by atoms with Crippen LogP contribution in [0.2, 0.25) is 0 Å². The van der Waals surface area contributed by atoms with E-state index in [9.17, 15) is 0 Å². The fraction of sp³-hybridized carbons (Fsp3) is 0.385. The Bertz CT molecular complexity index is 579. The first-order valence-electron chi connectivity index (χ1n) is 6.13. The summed E-state index contributed by atoms with van der Waals surface area (Å²) in [7, 11) is 0. The van der Waals surface area contributed by atoms with Crippen molar-refractivity contribution in [1.29, 1.82) is 0 Å². The Balaban J connectivity index is 1.89. The Hall–Kier alpha value is -1.53. The van der Waals surface area contributed by atoms with Gasteiger partial charge in [0.15, 0.2) is 0 Å². The largest absolute Gasteiger partial charge is 0.398 e. The lowest BCUT2D eigenvalue weighted by molar-refractivity contribution is 0.0677. The maximum Gasteiger partial charge on any atom is 0.260 e. The zero-order chi connectivity index (χ0) is 13.2. The van der Waals surface area contributed by atoms with Crippen molar-refractivity contribution in [2.45, 2.75) is 13.0 Å². The van der Waals surface area contributed by atoms with E-state index >= 15 is 0 Å². The van der Waals surface area contributed by atoms with Crippen molar-refractivity contribution in [3.05, 3.63) is 29.6 Å². The van der Waals surface area contributed by atoms with Crippen molar-refractivity contribution in [2.75, 3.05) is 23.8 Å². The summed E-state index contributed by atoms with van der Waals surface area (Å²) in [6, 6.07) is 5.75. The van der Waals surface area contributed by atoms with Crippen molar-refractivity contribution in [1.82, 2.24) is 10.1 Å². The molecule has 2 aromatic rings. The number of hydrogen-bond acceptors (Lipinski definition) is 6. The first kappa shape index (κ1) is 12.5. The van der Waals surface area contributed by atoms with Gasteiger partial charge >= 0.3 is 0 Å². The molecule has 5 nitrogen and oxygen atoms in total. The lowest BCUT2D eigenvalue weighted by Crippen LogP contribution is -2.16. The molecule has 0 radical (unpaired) electrons. The van der Waals surface area contributed by atoms with Crippen molar-refractivity contribution < 1.29 is 9.26 Å². The molecule has 0 saturated carbocycles. The van der Waals surface area contributed by atoms with Gasteiger partial charge in [-0.1, -0.05) is 16.8 Å². The highest BCUT2D eigenvalue weighted by Crippen LogP contribution is 2.29. The summed E-state index contributed by atoms with van der Waals surface area (Å²) >= 11 is 1.84. The highest BCUT2D eigenvalue weighted by molar-refractivity contribution is 7.99. The fourth-order valence-corrected chi connectivity index (χ4v) is 2.81. The molecule has 0 spiro atoms. The number of anilines is 1. The van der Waals surface area contributed by atoms with Crippen molar-refractivity contribution in [2.24, 2.45) is 0 Å². The molecular formula is C13H15N3O2S. The number of rotatable bonds is 2. The summed E-state index contributed by atoms with van der Waals surface area (Å²) < 4.78 is 10.9. The molecule has 1 atom stereocenters. The van der Waals surface area contributed by atoms with Crippen LogP contribution < -0.4 is 5.73 Å². The van der Waals surface area contributed by atoms with Crippen LogP contribution >= 0.6 is 11.8 Å². The van der Waals surface area contributed by atoms with E-state index in [-0.39, 0.29) is 6.10 Å². The van der Waals surface area contributed by atoms with Crippen LogP contribution in [0.5, 0.6) is 0 Å². The number of nitrogen functional groups attached to an aromatic ring is 1. The van der Waals surface area contributed by atoms with Crippen molar-refractivity contribution >= 4 is 17.4 Å². The maximum absolute atomic E-state index is 5.95. The summed E-state index contributed by atoms with van der Waals surface area (Å²) in [5.74, 6) is 2.94. The van der Waals surface area contributed by atoms with Gasteiger partial charge in [-0.3, -0.25) is 0 Å². The Morgan fingerprint density at radius 2 is 2.32 bits per heavy atom. The molecule has 3 rings (SSSR count). The zero-order valence-electron chi connectivity index (χ0n) is 10.6. The molecule has 1 aliphatic rings. The second-order valence-electron chi connectivity index (χ2n) is 4.48. The minimum atomic E-state index is -0.0812. The molecule has 1 unspecified atom stereocenters. The summed E-state index contributed by atoms with van der Waals surface area (Å²) in [5.41, 5.74) is 8.47. The maximum atomic E-state index is 5.95. The number of hydrogen-bond donors (Lipinski definition) is 1. The van der Waals surface area contributed by atoms with Crippen molar-refractivity contribution in [3.8, 4) is 11.5 Å². The van der Waals surface area contributed by atoms with E-state index in [0.29, 0.717) is 17.4 Å². The lowest BCUT2D eigenvalue weighted by atomic mass is 10.1. The summed E-state index contributed by atoms with van der Waals surface area (Å²) in [5, 5.41) is 4.01. The molecule has 100 valence electrons. The van der Waals surface area contributed by atoms with Gasteiger partial charge < -0.3 is 15.0 Å². The minimum absolute atomic E-state index is 0.0812. The van der Waals surface area contributed by atoms with Crippen LogP contribution in [0.3, 0.4) is 0 Å². The van der Waals surface area contributed by atoms with Crippen LogP contribution in [0, 0.1) is 6.92 Å². The highest BCUT2D eigenvalue weighted by atomic mass is 32.2. The SMILES string of the molecule is Cc1ccc(N)c(-c2nc(C3CSCCO3)no2)c1. The normalized spacial score (nSPS) is 19.5. The number of nitrogens with two attached hydrogens (primary N) is 1. The molecule has 1 fully saturated rings. The van der Waals surface area contributed by atoms with Crippen LogP contribution in [-0.4, -0.2) is 28.3 Å². The molecule has 0 amide bonds. The molecular weight excluding hydrogens is 262 g/mol. The fourth-order valence-electron chi connectivity index (χ4n) is 1.97. The Morgan fingerprint density at radius 3 is 3.11 bits per heavy atom. The first-order valence-corrected chi connectivity index (χ1v) is 7.29. The molecule has 1 saturated heterocycles. The predicted octanol–water partition coefficient (Wildman–Crippen LogP) is 2.43. The van der Waals surface area contributed by atoms with E-state index in [1.54, 1.807) is 0 Å². The van der Waals surface area contributed by atoms with E-state index in [2.05, 4.69) is 10.1 Å². The van der Waals surface area contributed by atoms with Gasteiger partial charge in [0, 0.05) is 17.2 Å². The van der Waals surface area contributed by atoms with Crippen LogP contribution in [0.1, 0.15) is 17.5 Å². The van der Waals surface area contributed by atoms with E-state index in [1.165, 1.54) is 0 Å². The van der Waals surface area contributed by atoms with Crippen LogP contribution in [0.25, 0.3) is 11.5 Å². The average Bonchev–Trinajstić information content (AvgIpc) is 2.92. The third-order valence-corrected chi connectivity index (χ3v) is 3.98. The third kappa shape index (κ3) is 2.59. The van der Waals surface area contributed by atoms with Gasteiger partial charge in [0.05, 0.1) is 12.2 Å². The quantitative estimate of drug-likeness (QED) is 0.850. The average molecular weight is 277 g/mol. The van der Waals surface area contributed by atoms with E-state index < -0.39 is 0 Å². The Kier molecular flexibility index (Phi) is 3.44. The van der Waals surface area contributed by atoms with Gasteiger partial charge in [-0.15, -0.1) is 0 Å². The van der Waals surface area contributed by atoms with Gasteiger partial charge in [0.1, 0.15) is 6.10 Å². The molecule has 1 aromatic carbocycles. The zero-order valence-corrected chi connectivity index (χ0v) is 11.4. The molecule has 0 aliphatic carbocycles. The molecule has 2 heterocycles. The number of aromatic nitrogens is 2. The monoisotopic (exact) mass is 277 g/mol. The Labute approximate surface area is 115 Å². The molecule has 1 aromatic heterocycles. The number of aryl methyl sites for hydroxylation is 1. The van der Waals surface area contributed by atoms with Gasteiger partial charge in [0.2, 0.25) is 5.82 Å². The summed E-state index contributed by atoms with van der Waals surface area (Å²) in [4.78, 5) is 4.41. The molecule has 1 aliphatic heterocycles. The van der Waals surface area contributed by atoms with Gasteiger partial charge in [-0.25, -0.2) is 0 Å². The Morgan fingerprint density at radius 1 is 1.42 bits per heavy atom. The topological polar surface area (TPSA) is 74.2 Å². The standard InChI is InChI=1S/C13H15N3O2S/c1-8-2-3-10(14)9(6-8)13-15-12(16-18-13)11-7-19-5-4-17-11/h2-3,6,11H,4-5,7,14H2,1H3. The van der Waals surface area contributed by atoms with Crippen LogP contribution in [-0.2, 0) is 4.74 Å². The van der Waals surface area contributed by atoms with Crippen LogP contribution in [0.4, 0.5) is 5.69 Å². The third-order valence-electron chi connectivity index (χ3n) is 2.98. The van der Waals surface area contributed by atoms with E-state index in [1.807, 2.05) is 36.9 Å². The van der Waals surface area contributed by atoms with Crippen LogP contribution in [0.15, 0.2) is 22.7 Å². The van der Waals surface area contributed by atoms with Gasteiger partial charge in [-0.2, -0.15) is 16.7 Å². The second kappa shape index (κ2) is 5.22. The minimum Gasteiger partial charge on any atom is -0.398 e. The molecule has 0 bridgehead atoms. The van der Waals surface area contributed by atoms with E-state index in [4.69, 9.17) is 15.0 Å². The predicted molar refractivity (Wildman–Crippen MR) is 74.9 cm³/mol. The highest BCUT2D eigenvalue weighted by Gasteiger charge is 2.23. The van der Waals surface area contributed by atoms with Gasteiger partial charge in [0.25, 0.3) is 5.89 Å². The molecule has 6 heteroatoms. The second-order valence-corrected chi connectivity index (χ2v) is 5.63. The van der Waals surface area contributed by atoms with E-state index in [0.717, 1.165) is 29.2 Å². The van der Waals surface area contributed by atoms with Gasteiger partial charge in [-0.05, 0) is 19.1 Å². The molecule has 19 heavy (non-hydrogen) atoms. The smallest absolute Gasteiger partial charge is 0.260 e. The first-order chi connectivity index (χ1) is 9.24. The number of ether oxygens (including phenoxy) is 1. The van der Waals surface area contributed by atoms with Crippen molar-refractivity contribution in [3.63, 3.8) is 0 Å². The lowest BCUT2D eigenvalue weighted by Gasteiger charge is -2.18. The summed E-state index contributed by atoms with van der Waals surface area (Å²) in [6.07, 6.45) is -0.0812. The number of thioether (sulfide) groups is 1. The molecule has 2 N–H and O–H groups in total. The summed E-state index contributed by atoms with van der Waals surface area (Å²) in [6.45, 7) is 2.73.